The second kappa shape index (κ2) is 7.02. The Bertz CT molecular complexity index is 553. The summed E-state index contributed by atoms with van der Waals surface area (Å²) >= 11 is 6.61. The molecular weight excluding hydrogens is 348 g/mol. The Hall–Kier alpha value is -0.920. The third-order valence-corrected chi connectivity index (χ3v) is 4.76. The molecule has 0 aliphatic heterocycles. The van der Waals surface area contributed by atoms with Crippen LogP contribution in [0.15, 0.2) is 21.3 Å². The van der Waals surface area contributed by atoms with Crippen LogP contribution < -0.4 is 5.32 Å². The lowest BCUT2D eigenvalue weighted by atomic mass is 10.3. The second-order valence-electron chi connectivity index (χ2n) is 3.71. The van der Waals surface area contributed by atoms with Crippen LogP contribution in [0, 0.1) is 0 Å². The van der Waals surface area contributed by atoms with Crippen LogP contribution >= 0.6 is 38.6 Å². The molecule has 0 unspecified atom stereocenters. The summed E-state index contributed by atoms with van der Waals surface area (Å²) in [5.41, 5.74) is 0.748. The van der Waals surface area contributed by atoms with Crippen LogP contribution in [0.25, 0.3) is 0 Å². The molecule has 0 fully saturated rings. The number of hydrogen-bond donors (Lipinski definition) is 1. The van der Waals surface area contributed by atoms with E-state index in [0.717, 1.165) is 21.8 Å². The fourth-order valence-electron chi connectivity index (χ4n) is 1.44. The van der Waals surface area contributed by atoms with Gasteiger partial charge in [-0.2, -0.15) is 0 Å². The Labute approximate surface area is 128 Å². The van der Waals surface area contributed by atoms with Gasteiger partial charge in [-0.25, -0.2) is 4.98 Å². The molecule has 7 heteroatoms. The zero-order valence-electron chi connectivity index (χ0n) is 10.3. The molecular formula is C12H13BrN2O2S2. The van der Waals surface area contributed by atoms with Gasteiger partial charge in [0.2, 0.25) is 0 Å². The number of hydrogen-bond acceptors (Lipinski definition) is 6. The highest BCUT2D eigenvalue weighted by atomic mass is 79.9. The van der Waals surface area contributed by atoms with E-state index in [1.807, 2.05) is 10.8 Å². The monoisotopic (exact) mass is 360 g/mol. The summed E-state index contributed by atoms with van der Waals surface area (Å²) in [6.45, 7) is 2.94. The Kier molecular flexibility index (Phi) is 5.35. The maximum absolute atomic E-state index is 11.3. The molecule has 4 nitrogen and oxygen atoms in total. The molecule has 0 bridgehead atoms. The van der Waals surface area contributed by atoms with E-state index in [-0.39, 0.29) is 12.4 Å². The van der Waals surface area contributed by atoms with Crippen molar-refractivity contribution in [3.8, 4) is 0 Å². The number of anilines is 1. The predicted molar refractivity (Wildman–Crippen MR) is 81.8 cm³/mol. The summed E-state index contributed by atoms with van der Waals surface area (Å²) in [5.74, 6) is -0.235. The van der Waals surface area contributed by atoms with Crippen LogP contribution in [0.1, 0.15) is 17.5 Å². The van der Waals surface area contributed by atoms with Gasteiger partial charge in [-0.3, -0.25) is 4.79 Å². The second-order valence-corrected chi connectivity index (χ2v) is 6.48. The van der Waals surface area contributed by atoms with Crippen molar-refractivity contribution in [2.24, 2.45) is 0 Å². The molecule has 0 aromatic carbocycles. The van der Waals surface area contributed by atoms with E-state index in [4.69, 9.17) is 4.74 Å². The molecule has 102 valence electrons. The summed E-state index contributed by atoms with van der Waals surface area (Å²) in [5, 5.41) is 7.99. The zero-order valence-corrected chi connectivity index (χ0v) is 13.5. The topological polar surface area (TPSA) is 51.2 Å². The number of aromatic nitrogens is 1. The van der Waals surface area contributed by atoms with Crippen LogP contribution in [0.3, 0.4) is 0 Å². The molecule has 0 saturated heterocycles. The minimum absolute atomic E-state index is 0.233. The number of carbonyl (C=O) groups is 1. The van der Waals surface area contributed by atoms with E-state index in [1.165, 1.54) is 16.2 Å². The minimum atomic E-state index is -0.235. The van der Waals surface area contributed by atoms with Crippen molar-refractivity contribution < 1.29 is 9.53 Å². The number of halogens is 1. The van der Waals surface area contributed by atoms with E-state index < -0.39 is 0 Å². The zero-order chi connectivity index (χ0) is 13.7. The molecule has 2 rings (SSSR count). The van der Waals surface area contributed by atoms with Crippen molar-refractivity contribution in [1.82, 2.24) is 4.98 Å². The molecule has 0 aliphatic rings. The van der Waals surface area contributed by atoms with Crippen molar-refractivity contribution in [2.45, 2.75) is 19.9 Å². The first-order valence-corrected chi connectivity index (χ1v) is 8.29. The van der Waals surface area contributed by atoms with Gasteiger partial charge in [-0.05, 0) is 28.9 Å². The van der Waals surface area contributed by atoms with Crippen molar-refractivity contribution in [3.63, 3.8) is 0 Å². The number of carbonyl (C=O) groups excluding carboxylic acids is 1. The summed E-state index contributed by atoms with van der Waals surface area (Å²) in [6, 6.07) is 2.07. The average Bonchev–Trinajstić information content (AvgIpc) is 2.96. The Morgan fingerprint density at radius 3 is 3.00 bits per heavy atom. The summed E-state index contributed by atoms with van der Waals surface area (Å²) in [7, 11) is 0. The van der Waals surface area contributed by atoms with Gasteiger partial charge in [0.05, 0.1) is 25.3 Å². The van der Waals surface area contributed by atoms with E-state index in [1.54, 1.807) is 18.3 Å². The Morgan fingerprint density at radius 1 is 1.47 bits per heavy atom. The number of thiazole rings is 1. The molecule has 0 spiro atoms. The van der Waals surface area contributed by atoms with Crippen LogP contribution in [-0.4, -0.2) is 17.6 Å². The smallest absolute Gasteiger partial charge is 0.311 e. The molecule has 0 atom stereocenters. The SMILES string of the molecule is CCOC(=O)Cc1csc(NCc2cc(Br)cs2)n1. The number of ether oxygens (including phenoxy) is 1. The van der Waals surface area contributed by atoms with Crippen LogP contribution in [0.4, 0.5) is 5.13 Å². The summed E-state index contributed by atoms with van der Waals surface area (Å²) in [4.78, 5) is 16.9. The molecule has 0 aliphatic carbocycles. The van der Waals surface area contributed by atoms with Gasteiger partial charge in [0.15, 0.2) is 5.13 Å². The molecule has 1 N–H and O–H groups in total. The highest BCUT2D eigenvalue weighted by molar-refractivity contribution is 9.10. The first kappa shape index (κ1) is 14.5. The van der Waals surface area contributed by atoms with Crippen molar-refractivity contribution in [1.29, 1.82) is 0 Å². The first-order valence-electron chi connectivity index (χ1n) is 5.74. The number of thiophene rings is 1. The standard InChI is InChI=1S/C12H13BrN2O2S2/c1-2-17-11(16)4-9-7-19-12(15-9)14-5-10-3-8(13)6-18-10/h3,6-7H,2,4-5H2,1H3,(H,14,15). The Balaban J connectivity index is 1.85. The van der Waals surface area contributed by atoms with Gasteiger partial charge < -0.3 is 10.1 Å². The van der Waals surface area contributed by atoms with Gasteiger partial charge in [0, 0.05) is 20.1 Å². The number of rotatable bonds is 6. The van der Waals surface area contributed by atoms with Crippen LogP contribution in [-0.2, 0) is 22.5 Å². The molecule has 19 heavy (non-hydrogen) atoms. The highest BCUT2D eigenvalue weighted by Crippen LogP contribution is 2.22. The van der Waals surface area contributed by atoms with Crippen molar-refractivity contribution in [2.75, 3.05) is 11.9 Å². The summed E-state index contributed by atoms with van der Waals surface area (Å²) in [6.07, 6.45) is 0.233. The molecule has 0 radical (unpaired) electrons. The van der Waals surface area contributed by atoms with Gasteiger partial charge >= 0.3 is 5.97 Å². The minimum Gasteiger partial charge on any atom is -0.466 e. The van der Waals surface area contributed by atoms with Crippen molar-refractivity contribution in [3.05, 3.63) is 31.9 Å². The molecule has 2 aromatic heterocycles. The van der Waals surface area contributed by atoms with Crippen LogP contribution in [0.2, 0.25) is 0 Å². The first-order chi connectivity index (χ1) is 9.17. The number of nitrogens with zero attached hydrogens (tertiary/aromatic N) is 1. The molecule has 0 saturated carbocycles. The third-order valence-electron chi connectivity index (χ3n) is 2.22. The average molecular weight is 361 g/mol. The lowest BCUT2D eigenvalue weighted by Crippen LogP contribution is -2.07. The molecule has 2 aromatic rings. The normalized spacial score (nSPS) is 10.4. The predicted octanol–water partition coefficient (Wildman–Crippen LogP) is 3.68. The van der Waals surface area contributed by atoms with Gasteiger partial charge in [-0.1, -0.05) is 0 Å². The Morgan fingerprint density at radius 2 is 2.32 bits per heavy atom. The maximum Gasteiger partial charge on any atom is 0.311 e. The number of esters is 1. The van der Waals surface area contributed by atoms with E-state index in [2.05, 4.69) is 32.3 Å². The number of nitrogens with one attached hydrogen (secondary N) is 1. The summed E-state index contributed by atoms with van der Waals surface area (Å²) < 4.78 is 5.98. The van der Waals surface area contributed by atoms with Crippen molar-refractivity contribution >= 4 is 49.7 Å². The van der Waals surface area contributed by atoms with E-state index in [0.29, 0.717) is 6.61 Å². The highest BCUT2D eigenvalue weighted by Gasteiger charge is 2.08. The fourth-order valence-corrected chi connectivity index (χ4v) is 3.54. The van der Waals surface area contributed by atoms with Crippen LogP contribution in [0.5, 0.6) is 0 Å². The third kappa shape index (κ3) is 4.59. The lowest BCUT2D eigenvalue weighted by Gasteiger charge is -2.00. The van der Waals surface area contributed by atoms with Gasteiger partial charge in [0.25, 0.3) is 0 Å². The lowest BCUT2D eigenvalue weighted by molar-refractivity contribution is -0.142. The van der Waals surface area contributed by atoms with Gasteiger partial charge in [0.1, 0.15) is 0 Å². The fraction of sp³-hybridized carbons (Fsp3) is 0.333. The molecule has 2 heterocycles. The van der Waals surface area contributed by atoms with E-state index in [9.17, 15) is 4.79 Å². The maximum atomic E-state index is 11.3. The van der Waals surface area contributed by atoms with Gasteiger partial charge in [-0.15, -0.1) is 22.7 Å². The quantitative estimate of drug-likeness (QED) is 0.798. The van der Waals surface area contributed by atoms with E-state index >= 15 is 0 Å². The largest absolute Gasteiger partial charge is 0.466 e. The molecule has 0 amide bonds.